The zero-order valence-corrected chi connectivity index (χ0v) is 27.0. The van der Waals surface area contributed by atoms with E-state index in [-0.39, 0.29) is 40.3 Å². The van der Waals surface area contributed by atoms with E-state index in [1.165, 1.54) is 43.2 Å². The van der Waals surface area contributed by atoms with Crippen molar-refractivity contribution in [3.05, 3.63) is 93.0 Å². The van der Waals surface area contributed by atoms with Gasteiger partial charge >= 0.3 is 0 Å². The van der Waals surface area contributed by atoms with Crippen LogP contribution in [-0.4, -0.2) is 55.8 Å². The Kier molecular flexibility index (Phi) is 11.1. The Morgan fingerprint density at radius 3 is 2.36 bits per heavy atom. The number of halogens is 1. The van der Waals surface area contributed by atoms with Crippen LogP contribution < -0.4 is 14.4 Å². The molecule has 1 aliphatic rings. The molecule has 1 fully saturated rings. The summed E-state index contributed by atoms with van der Waals surface area (Å²) in [5.41, 5.74) is 0.627. The first-order valence-electron chi connectivity index (χ1n) is 14.7. The van der Waals surface area contributed by atoms with Crippen LogP contribution in [-0.2, 0) is 26.2 Å². The summed E-state index contributed by atoms with van der Waals surface area (Å²) in [5.74, 6) is -0.556. The first-order valence-corrected chi connectivity index (χ1v) is 16.5. The number of nitrogens with zero attached hydrogens (tertiary/aromatic N) is 3. The minimum atomic E-state index is -4.51. The van der Waals surface area contributed by atoms with Crippen molar-refractivity contribution >= 4 is 44.8 Å². The minimum Gasteiger partial charge on any atom is -0.497 e. The molecule has 0 heterocycles. The molecule has 0 aliphatic heterocycles. The molecular weight excluding hydrogens is 620 g/mol. The van der Waals surface area contributed by atoms with Crippen molar-refractivity contribution in [3.8, 4) is 5.75 Å². The van der Waals surface area contributed by atoms with E-state index in [0.29, 0.717) is 16.3 Å². The summed E-state index contributed by atoms with van der Waals surface area (Å²) in [5, 5.41) is 15.1. The van der Waals surface area contributed by atoms with Crippen LogP contribution in [0.5, 0.6) is 5.75 Å². The molecule has 0 spiro atoms. The van der Waals surface area contributed by atoms with E-state index in [4.69, 9.17) is 16.3 Å². The molecule has 1 saturated carbocycles. The molecule has 240 valence electrons. The Bertz CT molecular complexity index is 1640. The molecule has 3 aromatic carbocycles. The maximum Gasteiger partial charge on any atom is 0.273 e. The van der Waals surface area contributed by atoms with Crippen LogP contribution in [0, 0.1) is 17.0 Å². The molecule has 1 N–H and O–H groups in total. The third-order valence-corrected chi connectivity index (χ3v) is 10.2. The third-order valence-electron chi connectivity index (χ3n) is 8.02. The van der Waals surface area contributed by atoms with Gasteiger partial charge in [0.05, 0.1) is 22.6 Å². The quantitative estimate of drug-likeness (QED) is 0.197. The van der Waals surface area contributed by atoms with Gasteiger partial charge in [0.2, 0.25) is 11.8 Å². The van der Waals surface area contributed by atoms with Gasteiger partial charge in [0, 0.05) is 29.2 Å². The minimum absolute atomic E-state index is 0.000492. The van der Waals surface area contributed by atoms with Crippen molar-refractivity contribution in [3.63, 3.8) is 0 Å². The summed E-state index contributed by atoms with van der Waals surface area (Å²) in [4.78, 5) is 39.6. The number of carbonyl (C=O) groups is 2. The summed E-state index contributed by atoms with van der Waals surface area (Å²) in [6, 6.07) is 15.6. The van der Waals surface area contributed by atoms with Crippen LogP contribution in [0.15, 0.2) is 71.6 Å². The summed E-state index contributed by atoms with van der Waals surface area (Å²) in [6.07, 6.45) is 4.83. The molecule has 11 nitrogen and oxygen atoms in total. The zero-order valence-electron chi connectivity index (χ0n) is 25.4. The van der Waals surface area contributed by atoms with Crippen molar-refractivity contribution < 1.29 is 27.7 Å². The average molecular weight is 657 g/mol. The number of hydrogen-bond donors (Lipinski definition) is 1. The Morgan fingerprint density at radius 1 is 1.07 bits per heavy atom. The Balaban J connectivity index is 1.73. The fourth-order valence-electron chi connectivity index (χ4n) is 5.31. The lowest BCUT2D eigenvalue weighted by atomic mass is 9.95. The van der Waals surface area contributed by atoms with Crippen LogP contribution in [0.25, 0.3) is 0 Å². The van der Waals surface area contributed by atoms with Crippen molar-refractivity contribution in [2.75, 3.05) is 18.0 Å². The SMILES string of the molecule is COc1ccc(N(CC(=O)N(Cc2ccccc2Cl)C(C)C(=O)NC2CCCCC2)S(=O)(=O)c2ccc(C)c([N+](=O)[O-])c2)cc1. The number of sulfonamides is 1. The van der Waals surface area contributed by atoms with Crippen molar-refractivity contribution in [1.82, 2.24) is 10.2 Å². The highest BCUT2D eigenvalue weighted by Gasteiger charge is 2.34. The van der Waals surface area contributed by atoms with Crippen molar-refractivity contribution in [2.45, 2.75) is 69.5 Å². The topological polar surface area (TPSA) is 139 Å². The maximum atomic E-state index is 14.2. The van der Waals surface area contributed by atoms with Gasteiger partial charge in [-0.3, -0.25) is 24.0 Å². The molecule has 1 unspecified atom stereocenters. The monoisotopic (exact) mass is 656 g/mol. The number of aryl methyl sites for hydroxylation is 1. The predicted molar refractivity (Wildman–Crippen MR) is 172 cm³/mol. The fourth-order valence-corrected chi connectivity index (χ4v) is 6.94. The van der Waals surface area contributed by atoms with E-state index in [0.717, 1.165) is 42.5 Å². The molecule has 0 aromatic heterocycles. The number of rotatable bonds is 12. The normalized spacial score (nSPS) is 14.3. The Morgan fingerprint density at radius 2 is 1.73 bits per heavy atom. The number of nitro benzene ring substituents is 1. The van der Waals surface area contributed by atoms with Gasteiger partial charge in [-0.25, -0.2) is 8.42 Å². The van der Waals surface area contributed by atoms with Gasteiger partial charge in [-0.05, 0) is 68.7 Å². The van der Waals surface area contributed by atoms with E-state index in [2.05, 4.69) is 5.32 Å². The van der Waals surface area contributed by atoms with Crippen LogP contribution in [0.1, 0.15) is 50.2 Å². The van der Waals surface area contributed by atoms with Gasteiger partial charge in [-0.15, -0.1) is 0 Å². The number of anilines is 1. The van der Waals surface area contributed by atoms with Gasteiger partial charge in [-0.2, -0.15) is 0 Å². The first-order chi connectivity index (χ1) is 21.4. The van der Waals surface area contributed by atoms with Crippen molar-refractivity contribution in [2.24, 2.45) is 0 Å². The van der Waals surface area contributed by atoms with Crippen LogP contribution in [0.4, 0.5) is 11.4 Å². The number of benzene rings is 3. The second-order valence-corrected chi connectivity index (χ2v) is 13.3. The standard InChI is InChI=1S/C32H37ClN4O7S/c1-22-13-18-28(19-30(22)37(40)41)45(42,43)36(26-14-16-27(44-3)17-15-26)21-31(38)35(20-24-9-7-8-12-29(24)33)23(2)32(39)34-25-10-5-4-6-11-25/h7-9,12-19,23,25H,4-6,10-11,20-21H2,1-3H3,(H,34,39). The molecule has 3 aromatic rings. The molecule has 13 heteroatoms. The second kappa shape index (κ2) is 14.7. The number of ether oxygens (including phenoxy) is 1. The number of nitrogens with one attached hydrogen (secondary N) is 1. The largest absolute Gasteiger partial charge is 0.497 e. The Hall–Kier alpha value is -4.16. The van der Waals surface area contributed by atoms with Gasteiger partial charge in [0.15, 0.2) is 0 Å². The summed E-state index contributed by atoms with van der Waals surface area (Å²) in [6.45, 7) is 2.36. The molecule has 1 aliphatic carbocycles. The van der Waals surface area contributed by atoms with Crippen LogP contribution in [0.3, 0.4) is 0 Å². The van der Waals surface area contributed by atoms with E-state index in [1.807, 2.05) is 0 Å². The van der Waals surface area contributed by atoms with Gasteiger partial charge in [0.25, 0.3) is 15.7 Å². The molecule has 0 bridgehead atoms. The second-order valence-electron chi connectivity index (χ2n) is 11.0. The van der Waals surface area contributed by atoms with E-state index in [1.54, 1.807) is 43.3 Å². The summed E-state index contributed by atoms with van der Waals surface area (Å²) >= 11 is 6.44. The molecular formula is C32H37ClN4O7S. The summed E-state index contributed by atoms with van der Waals surface area (Å²) in [7, 11) is -3.05. The molecule has 1 atom stereocenters. The van der Waals surface area contributed by atoms with Gasteiger partial charge in [0.1, 0.15) is 18.3 Å². The number of carbonyl (C=O) groups excluding carboxylic acids is 2. The number of hydrogen-bond acceptors (Lipinski definition) is 7. The van der Waals surface area contributed by atoms with Crippen molar-refractivity contribution in [1.29, 1.82) is 0 Å². The smallest absolute Gasteiger partial charge is 0.273 e. The van der Waals surface area contributed by atoms with E-state index in [9.17, 15) is 28.1 Å². The van der Waals surface area contributed by atoms with E-state index >= 15 is 0 Å². The Labute approximate surface area is 268 Å². The highest BCUT2D eigenvalue weighted by molar-refractivity contribution is 7.92. The number of methoxy groups -OCH3 is 1. The van der Waals surface area contributed by atoms with Crippen LogP contribution in [0.2, 0.25) is 5.02 Å². The third kappa shape index (κ3) is 8.12. The summed E-state index contributed by atoms with van der Waals surface area (Å²) < 4.78 is 34.3. The molecule has 4 rings (SSSR count). The average Bonchev–Trinajstić information content (AvgIpc) is 3.03. The fraction of sp³-hybridized carbons (Fsp3) is 0.375. The molecule has 45 heavy (non-hydrogen) atoms. The lowest BCUT2D eigenvalue weighted by Gasteiger charge is -2.33. The van der Waals surface area contributed by atoms with E-state index < -0.39 is 33.4 Å². The predicted octanol–water partition coefficient (Wildman–Crippen LogP) is 5.63. The number of amides is 2. The maximum absolute atomic E-state index is 14.2. The first kappa shape index (κ1) is 33.7. The molecule has 0 saturated heterocycles. The lowest BCUT2D eigenvalue weighted by Crippen LogP contribution is -2.53. The highest BCUT2D eigenvalue weighted by atomic mass is 35.5. The van der Waals surface area contributed by atoms with Crippen LogP contribution >= 0.6 is 11.6 Å². The molecule has 2 amide bonds. The number of nitro groups is 1. The zero-order chi connectivity index (χ0) is 32.7. The highest BCUT2D eigenvalue weighted by Crippen LogP contribution is 2.30. The van der Waals surface area contributed by atoms with Gasteiger partial charge in [-0.1, -0.05) is 55.1 Å². The van der Waals surface area contributed by atoms with Gasteiger partial charge < -0.3 is 15.0 Å². The lowest BCUT2D eigenvalue weighted by molar-refractivity contribution is -0.385. The molecule has 0 radical (unpaired) electrons.